The van der Waals surface area contributed by atoms with Gasteiger partial charge in [-0.05, 0) is 46.3 Å². The Labute approximate surface area is 121 Å². The minimum absolute atomic E-state index is 0.0358. The lowest BCUT2D eigenvalue weighted by Crippen LogP contribution is -2.14. The second kappa shape index (κ2) is 5.79. The van der Waals surface area contributed by atoms with Crippen molar-refractivity contribution in [3.63, 3.8) is 0 Å². The molecule has 0 spiro atoms. The van der Waals surface area contributed by atoms with Crippen LogP contribution in [0.25, 0.3) is 0 Å². The molecule has 0 aliphatic heterocycles. The lowest BCUT2D eigenvalue weighted by atomic mass is 10.2. The van der Waals surface area contributed by atoms with Crippen molar-refractivity contribution in [3.05, 3.63) is 58.1 Å². The molecule has 20 heavy (non-hydrogen) atoms. The number of anilines is 1. The Hall–Kier alpha value is -2.28. The van der Waals surface area contributed by atoms with E-state index < -0.39 is 17.7 Å². The van der Waals surface area contributed by atoms with Crippen LogP contribution in [0.15, 0.2) is 41.0 Å². The quantitative estimate of drug-likeness (QED) is 0.901. The van der Waals surface area contributed by atoms with Gasteiger partial charge in [0, 0.05) is 5.69 Å². The molecule has 0 atom stereocenters. The van der Waals surface area contributed by atoms with Crippen LogP contribution in [0.5, 0.6) is 0 Å². The van der Waals surface area contributed by atoms with Gasteiger partial charge in [0.1, 0.15) is 11.5 Å². The fourth-order valence-corrected chi connectivity index (χ4v) is 1.97. The first-order chi connectivity index (χ1) is 9.47. The van der Waals surface area contributed by atoms with E-state index in [2.05, 4.69) is 26.2 Å². The van der Waals surface area contributed by atoms with Gasteiger partial charge in [0.2, 0.25) is 0 Å². The number of carboxylic acids is 1. The maximum Gasteiger partial charge on any atom is 0.335 e. The molecule has 0 aliphatic carbocycles. The topological polar surface area (TPSA) is 79.3 Å². The summed E-state index contributed by atoms with van der Waals surface area (Å²) in [4.78, 5) is 26.3. The molecule has 0 saturated heterocycles. The molecular weight excluding hydrogens is 331 g/mol. The van der Waals surface area contributed by atoms with Gasteiger partial charge in [0.05, 0.1) is 16.2 Å². The summed E-state index contributed by atoms with van der Waals surface area (Å²) in [5.41, 5.74) is 0.566. The van der Waals surface area contributed by atoms with E-state index in [1.54, 1.807) is 0 Å². The summed E-state index contributed by atoms with van der Waals surface area (Å²) < 4.78 is 13.1. The van der Waals surface area contributed by atoms with Gasteiger partial charge in [0.15, 0.2) is 0 Å². The Morgan fingerprint density at radius 2 is 1.90 bits per heavy atom. The van der Waals surface area contributed by atoms with E-state index >= 15 is 0 Å². The number of carbonyl (C=O) groups excluding carboxylic acids is 1. The first kappa shape index (κ1) is 14.1. The second-order valence-electron chi connectivity index (χ2n) is 3.82. The van der Waals surface area contributed by atoms with E-state index in [-0.39, 0.29) is 15.7 Å². The third kappa shape index (κ3) is 3.18. The zero-order valence-electron chi connectivity index (χ0n) is 9.93. The smallest absolute Gasteiger partial charge is 0.335 e. The molecule has 0 aliphatic rings. The lowest BCUT2D eigenvalue weighted by Gasteiger charge is -2.06. The van der Waals surface area contributed by atoms with Crippen LogP contribution >= 0.6 is 15.9 Å². The van der Waals surface area contributed by atoms with Crippen molar-refractivity contribution in [1.82, 2.24) is 4.98 Å². The third-order valence-electron chi connectivity index (χ3n) is 2.41. The largest absolute Gasteiger partial charge is 0.478 e. The molecule has 0 bridgehead atoms. The summed E-state index contributed by atoms with van der Waals surface area (Å²) in [5, 5.41) is 11.3. The summed E-state index contributed by atoms with van der Waals surface area (Å²) >= 11 is 3.05. The molecule has 2 aromatic rings. The standard InChI is InChI=1S/C13H8BrFN2O3/c14-10-5-8(15)6-16-11(10)12(18)17-9-3-1-7(2-4-9)13(19)20/h1-6H,(H,17,18)(H,19,20). The van der Waals surface area contributed by atoms with Crippen LogP contribution < -0.4 is 5.32 Å². The van der Waals surface area contributed by atoms with E-state index in [0.29, 0.717) is 5.69 Å². The molecule has 0 radical (unpaired) electrons. The number of hydrogen-bond acceptors (Lipinski definition) is 3. The zero-order valence-corrected chi connectivity index (χ0v) is 11.5. The number of nitrogens with zero attached hydrogens (tertiary/aromatic N) is 1. The Balaban J connectivity index is 2.17. The summed E-state index contributed by atoms with van der Waals surface area (Å²) in [5.74, 6) is -2.13. The second-order valence-corrected chi connectivity index (χ2v) is 4.67. The van der Waals surface area contributed by atoms with E-state index in [1.807, 2.05) is 0 Å². The number of aromatic nitrogens is 1. The van der Waals surface area contributed by atoms with Crippen molar-refractivity contribution in [2.45, 2.75) is 0 Å². The lowest BCUT2D eigenvalue weighted by molar-refractivity contribution is 0.0696. The number of aromatic carboxylic acids is 1. The van der Waals surface area contributed by atoms with Gasteiger partial charge >= 0.3 is 5.97 Å². The van der Waals surface area contributed by atoms with E-state index in [1.165, 1.54) is 24.3 Å². The predicted octanol–water partition coefficient (Wildman–Crippen LogP) is 2.93. The van der Waals surface area contributed by atoms with Crippen molar-refractivity contribution >= 4 is 33.5 Å². The maximum atomic E-state index is 12.9. The Morgan fingerprint density at radius 3 is 2.45 bits per heavy atom. The highest BCUT2D eigenvalue weighted by Crippen LogP contribution is 2.17. The molecule has 0 saturated carbocycles. The van der Waals surface area contributed by atoms with Crippen molar-refractivity contribution < 1.29 is 19.1 Å². The first-order valence-corrected chi connectivity index (χ1v) is 6.22. The SMILES string of the molecule is O=C(O)c1ccc(NC(=O)c2ncc(F)cc2Br)cc1. The minimum Gasteiger partial charge on any atom is -0.478 e. The van der Waals surface area contributed by atoms with Crippen LogP contribution in [0.1, 0.15) is 20.8 Å². The van der Waals surface area contributed by atoms with Gasteiger partial charge in [-0.15, -0.1) is 0 Å². The monoisotopic (exact) mass is 338 g/mol. The number of halogens is 2. The number of nitrogens with one attached hydrogen (secondary N) is 1. The zero-order chi connectivity index (χ0) is 14.7. The number of benzene rings is 1. The van der Waals surface area contributed by atoms with E-state index in [0.717, 1.165) is 12.3 Å². The molecule has 2 N–H and O–H groups in total. The normalized spacial score (nSPS) is 10.1. The van der Waals surface area contributed by atoms with Gasteiger partial charge in [-0.1, -0.05) is 0 Å². The molecule has 1 aromatic carbocycles. The van der Waals surface area contributed by atoms with Gasteiger partial charge in [-0.2, -0.15) is 0 Å². The van der Waals surface area contributed by atoms with Crippen molar-refractivity contribution in [2.24, 2.45) is 0 Å². The highest BCUT2D eigenvalue weighted by atomic mass is 79.9. The summed E-state index contributed by atoms with van der Waals surface area (Å²) in [6, 6.07) is 6.78. The van der Waals surface area contributed by atoms with Crippen LogP contribution in [0.3, 0.4) is 0 Å². The van der Waals surface area contributed by atoms with Crippen molar-refractivity contribution in [1.29, 1.82) is 0 Å². The Bertz CT molecular complexity index is 674. The fraction of sp³-hybridized carbons (Fsp3) is 0. The molecule has 0 fully saturated rings. The van der Waals surface area contributed by atoms with Crippen molar-refractivity contribution in [2.75, 3.05) is 5.32 Å². The molecule has 1 amide bonds. The first-order valence-electron chi connectivity index (χ1n) is 5.43. The number of carboxylic acid groups (broad SMARTS) is 1. The molecule has 1 heterocycles. The van der Waals surface area contributed by atoms with Crippen LogP contribution in [0.4, 0.5) is 10.1 Å². The highest BCUT2D eigenvalue weighted by molar-refractivity contribution is 9.10. The van der Waals surface area contributed by atoms with E-state index in [4.69, 9.17) is 5.11 Å². The Morgan fingerprint density at radius 1 is 1.25 bits per heavy atom. The van der Waals surface area contributed by atoms with Crippen molar-refractivity contribution in [3.8, 4) is 0 Å². The minimum atomic E-state index is -1.05. The number of rotatable bonds is 3. The molecule has 5 nitrogen and oxygen atoms in total. The molecule has 1 aromatic heterocycles. The van der Waals surface area contributed by atoms with Gasteiger partial charge in [-0.3, -0.25) is 4.79 Å². The molecule has 0 unspecified atom stereocenters. The van der Waals surface area contributed by atoms with Gasteiger partial charge in [-0.25, -0.2) is 14.2 Å². The van der Waals surface area contributed by atoms with Crippen LogP contribution in [-0.2, 0) is 0 Å². The third-order valence-corrected chi connectivity index (χ3v) is 3.02. The number of pyridine rings is 1. The molecule has 7 heteroatoms. The van der Waals surface area contributed by atoms with Gasteiger partial charge < -0.3 is 10.4 Å². The van der Waals surface area contributed by atoms with Crippen LogP contribution in [0, 0.1) is 5.82 Å². The van der Waals surface area contributed by atoms with Crippen LogP contribution in [-0.4, -0.2) is 22.0 Å². The number of carbonyl (C=O) groups is 2. The molecule has 2 rings (SSSR count). The number of hydrogen-bond donors (Lipinski definition) is 2. The van der Waals surface area contributed by atoms with Gasteiger partial charge in [0.25, 0.3) is 5.91 Å². The average Bonchev–Trinajstić information content (AvgIpc) is 2.39. The highest BCUT2D eigenvalue weighted by Gasteiger charge is 2.13. The molecular formula is C13H8BrFN2O3. The Kier molecular flexibility index (Phi) is 4.09. The van der Waals surface area contributed by atoms with E-state index in [9.17, 15) is 14.0 Å². The predicted molar refractivity (Wildman–Crippen MR) is 73.2 cm³/mol. The fourth-order valence-electron chi connectivity index (χ4n) is 1.47. The summed E-state index contributed by atoms with van der Waals surface area (Å²) in [7, 11) is 0. The van der Waals surface area contributed by atoms with Crippen LogP contribution in [0.2, 0.25) is 0 Å². The number of amides is 1. The average molecular weight is 339 g/mol. The summed E-state index contributed by atoms with van der Waals surface area (Å²) in [6.45, 7) is 0. The molecule has 102 valence electrons. The maximum absolute atomic E-state index is 12.9. The summed E-state index contributed by atoms with van der Waals surface area (Å²) in [6.07, 6.45) is 0.938.